The van der Waals surface area contributed by atoms with Gasteiger partial charge in [0.1, 0.15) is 5.67 Å². The molecule has 1 aliphatic carbocycles. The van der Waals surface area contributed by atoms with Gasteiger partial charge in [-0.25, -0.2) is 12.8 Å². The first-order chi connectivity index (χ1) is 7.67. The summed E-state index contributed by atoms with van der Waals surface area (Å²) in [6.45, 7) is 3.12. The smallest absolute Gasteiger partial charge is 0.244 e. The average molecular weight is 277 g/mol. The van der Waals surface area contributed by atoms with Gasteiger partial charge in [0.05, 0.1) is 4.90 Å². The summed E-state index contributed by atoms with van der Waals surface area (Å²) in [6, 6.07) is 6.18. The van der Waals surface area contributed by atoms with E-state index in [1.807, 2.05) is 0 Å². The third-order valence-electron chi connectivity index (χ3n) is 3.58. The Labute approximate surface area is 105 Å². The third kappa shape index (κ3) is 2.20. The van der Waals surface area contributed by atoms with Crippen molar-refractivity contribution in [3.8, 4) is 0 Å². The van der Waals surface area contributed by atoms with Gasteiger partial charge >= 0.3 is 0 Å². The van der Waals surface area contributed by atoms with Crippen LogP contribution >= 0.6 is 10.7 Å². The largest absolute Gasteiger partial charge is 0.261 e. The van der Waals surface area contributed by atoms with Crippen LogP contribution in [-0.2, 0) is 14.5 Å². The van der Waals surface area contributed by atoms with Gasteiger partial charge in [0.15, 0.2) is 0 Å². The minimum absolute atomic E-state index is 0.0513. The predicted molar refractivity (Wildman–Crippen MR) is 65.6 cm³/mol. The molecule has 1 aromatic carbocycles. The van der Waals surface area contributed by atoms with Gasteiger partial charge in [0.25, 0.3) is 9.05 Å². The quantitative estimate of drug-likeness (QED) is 0.793. The van der Waals surface area contributed by atoms with Crippen LogP contribution in [0.5, 0.6) is 0 Å². The maximum atomic E-state index is 14.1. The van der Waals surface area contributed by atoms with Gasteiger partial charge in [-0.2, -0.15) is 0 Å². The van der Waals surface area contributed by atoms with Gasteiger partial charge in [0.2, 0.25) is 0 Å². The zero-order valence-electron chi connectivity index (χ0n) is 9.70. The van der Waals surface area contributed by atoms with Crippen molar-refractivity contribution in [2.45, 2.75) is 42.7 Å². The molecular formula is C12H14ClFO2S. The van der Waals surface area contributed by atoms with Crippen LogP contribution < -0.4 is 0 Å². The second-order valence-electron chi connectivity index (χ2n) is 5.02. The van der Waals surface area contributed by atoms with E-state index in [9.17, 15) is 12.8 Å². The lowest BCUT2D eigenvalue weighted by Crippen LogP contribution is -2.31. The lowest BCUT2D eigenvalue weighted by Gasteiger charge is -2.27. The van der Waals surface area contributed by atoms with Crippen molar-refractivity contribution < 1.29 is 12.8 Å². The summed E-state index contributed by atoms with van der Waals surface area (Å²) < 4.78 is 36.3. The summed E-state index contributed by atoms with van der Waals surface area (Å²) in [5.41, 5.74) is -0.912. The molecule has 17 heavy (non-hydrogen) atoms. The van der Waals surface area contributed by atoms with Crippen molar-refractivity contribution in [1.82, 2.24) is 0 Å². The minimum atomic E-state index is -3.70. The molecule has 2 rings (SSSR count). The highest BCUT2D eigenvalue weighted by Crippen LogP contribution is 2.57. The van der Waals surface area contributed by atoms with E-state index in [4.69, 9.17) is 10.7 Å². The van der Waals surface area contributed by atoms with Crippen molar-refractivity contribution in [2.75, 3.05) is 0 Å². The number of hydrogen-bond acceptors (Lipinski definition) is 2. The van der Waals surface area contributed by atoms with E-state index in [-0.39, 0.29) is 4.90 Å². The Morgan fingerprint density at radius 2 is 1.71 bits per heavy atom. The molecule has 0 saturated heterocycles. The van der Waals surface area contributed by atoms with Crippen LogP contribution in [0.4, 0.5) is 4.39 Å². The standard InChI is InChI=1S/C12H14ClFO2S/c1-11(2,14)12(7-8-12)9-3-5-10(6-4-9)17(13,15)16/h3-6H,7-8H2,1-2H3. The number of benzene rings is 1. The van der Waals surface area contributed by atoms with Gasteiger partial charge in [-0.05, 0) is 44.4 Å². The topological polar surface area (TPSA) is 34.1 Å². The number of halogens is 2. The average Bonchev–Trinajstić information content (AvgIpc) is 2.96. The molecule has 0 bridgehead atoms. The van der Waals surface area contributed by atoms with Crippen molar-refractivity contribution in [2.24, 2.45) is 0 Å². The molecule has 1 saturated carbocycles. The lowest BCUT2D eigenvalue weighted by atomic mass is 9.83. The van der Waals surface area contributed by atoms with Crippen molar-refractivity contribution >= 4 is 19.7 Å². The first kappa shape index (κ1) is 12.8. The molecule has 0 radical (unpaired) electrons. The molecule has 0 aliphatic heterocycles. The molecule has 1 aliphatic rings. The Kier molecular flexibility index (Phi) is 2.79. The molecule has 0 N–H and O–H groups in total. The van der Waals surface area contributed by atoms with E-state index >= 15 is 0 Å². The summed E-state index contributed by atoms with van der Waals surface area (Å²) in [4.78, 5) is 0.0513. The van der Waals surface area contributed by atoms with Gasteiger partial charge in [-0.3, -0.25) is 0 Å². The monoisotopic (exact) mass is 276 g/mol. The van der Waals surface area contributed by atoms with E-state index in [0.29, 0.717) is 0 Å². The fraction of sp³-hybridized carbons (Fsp3) is 0.500. The molecule has 0 spiro atoms. The van der Waals surface area contributed by atoms with E-state index in [0.717, 1.165) is 18.4 Å². The Bertz CT molecular complexity index is 525. The van der Waals surface area contributed by atoms with Crippen molar-refractivity contribution in [3.05, 3.63) is 29.8 Å². The molecule has 94 valence electrons. The molecule has 0 atom stereocenters. The Morgan fingerprint density at radius 1 is 1.24 bits per heavy atom. The second-order valence-corrected chi connectivity index (χ2v) is 7.58. The summed E-state index contributed by atoms with van der Waals surface area (Å²) >= 11 is 0. The first-order valence-corrected chi connectivity index (χ1v) is 7.72. The van der Waals surface area contributed by atoms with Crippen molar-refractivity contribution in [3.63, 3.8) is 0 Å². The van der Waals surface area contributed by atoms with Crippen LogP contribution in [0.1, 0.15) is 32.3 Å². The lowest BCUT2D eigenvalue weighted by molar-refractivity contribution is 0.156. The van der Waals surface area contributed by atoms with Crippen LogP contribution in [0.15, 0.2) is 29.2 Å². The SMILES string of the molecule is CC(C)(F)C1(c2ccc(S(=O)(=O)Cl)cc2)CC1. The molecule has 1 aromatic rings. The van der Waals surface area contributed by atoms with Gasteiger partial charge in [0, 0.05) is 16.1 Å². The highest BCUT2D eigenvalue weighted by atomic mass is 35.7. The maximum Gasteiger partial charge on any atom is 0.261 e. The van der Waals surface area contributed by atoms with Crippen LogP contribution in [0.2, 0.25) is 0 Å². The molecule has 1 fully saturated rings. The van der Waals surface area contributed by atoms with Crippen LogP contribution in [-0.4, -0.2) is 14.1 Å². The Balaban J connectivity index is 2.38. The Hall–Kier alpha value is -0.610. The highest BCUT2D eigenvalue weighted by molar-refractivity contribution is 8.13. The molecule has 2 nitrogen and oxygen atoms in total. The number of hydrogen-bond donors (Lipinski definition) is 0. The van der Waals surface area contributed by atoms with E-state index in [2.05, 4.69) is 0 Å². The van der Waals surface area contributed by atoms with Crippen LogP contribution in [0, 0.1) is 0 Å². The second kappa shape index (κ2) is 3.69. The van der Waals surface area contributed by atoms with Crippen LogP contribution in [0.3, 0.4) is 0 Å². The van der Waals surface area contributed by atoms with Crippen LogP contribution in [0.25, 0.3) is 0 Å². The summed E-state index contributed by atoms with van der Waals surface area (Å²) in [7, 11) is 1.53. The third-order valence-corrected chi connectivity index (χ3v) is 4.95. The molecule has 0 unspecified atom stereocenters. The maximum absolute atomic E-state index is 14.1. The number of rotatable bonds is 3. The fourth-order valence-corrected chi connectivity index (χ4v) is 3.06. The molecule has 0 aromatic heterocycles. The zero-order chi connectivity index (χ0) is 12.9. The van der Waals surface area contributed by atoms with Gasteiger partial charge < -0.3 is 0 Å². The predicted octanol–water partition coefficient (Wildman–Crippen LogP) is 3.39. The highest BCUT2D eigenvalue weighted by Gasteiger charge is 2.56. The molecular weight excluding hydrogens is 263 g/mol. The zero-order valence-corrected chi connectivity index (χ0v) is 11.3. The normalized spacial score (nSPS) is 19.1. The number of alkyl halides is 1. The van der Waals surface area contributed by atoms with Crippen molar-refractivity contribution in [1.29, 1.82) is 0 Å². The summed E-state index contributed by atoms with van der Waals surface area (Å²) in [5, 5.41) is 0. The molecule has 0 amide bonds. The van der Waals surface area contributed by atoms with Gasteiger partial charge in [-0.15, -0.1) is 0 Å². The van der Waals surface area contributed by atoms with E-state index in [1.54, 1.807) is 26.0 Å². The minimum Gasteiger partial charge on any atom is -0.244 e. The summed E-state index contributed by atoms with van der Waals surface area (Å²) in [6.07, 6.45) is 1.59. The van der Waals surface area contributed by atoms with Gasteiger partial charge in [-0.1, -0.05) is 12.1 Å². The Morgan fingerprint density at radius 3 is 2.00 bits per heavy atom. The summed E-state index contributed by atoms with van der Waals surface area (Å²) in [5.74, 6) is 0. The fourth-order valence-electron chi connectivity index (χ4n) is 2.29. The van der Waals surface area contributed by atoms with E-state index in [1.165, 1.54) is 12.1 Å². The molecule has 0 heterocycles. The van der Waals surface area contributed by atoms with E-state index < -0.39 is 20.1 Å². The molecule has 5 heteroatoms. The first-order valence-electron chi connectivity index (χ1n) is 5.41.